The normalized spacial score (nSPS) is 11.3. The number of hydrogen-bond donors (Lipinski definition) is 0. The van der Waals surface area contributed by atoms with Crippen molar-refractivity contribution in [3.63, 3.8) is 0 Å². The van der Waals surface area contributed by atoms with E-state index in [4.69, 9.17) is 26.5 Å². The third-order valence-corrected chi connectivity index (χ3v) is 12.6. The summed E-state index contributed by atoms with van der Waals surface area (Å²) in [5.74, 6) is 1.82. The maximum atomic E-state index is 7.70. The van der Waals surface area contributed by atoms with Gasteiger partial charge < -0.3 is 0 Å². The lowest BCUT2D eigenvalue weighted by molar-refractivity contribution is 1.07. The quantitative estimate of drug-likeness (QED) is 0.118. The van der Waals surface area contributed by atoms with Crippen molar-refractivity contribution >= 4 is 48.9 Å². The molecule has 0 aliphatic heterocycles. The third-order valence-electron chi connectivity index (χ3n) is 12.6. The molecule has 0 amide bonds. The molecule has 66 heavy (non-hydrogen) atoms. The van der Waals surface area contributed by atoms with Crippen LogP contribution in [0.15, 0.2) is 225 Å². The molecule has 2 heterocycles. The van der Waals surface area contributed by atoms with Crippen molar-refractivity contribution in [1.29, 1.82) is 0 Å². The lowest BCUT2D eigenvalue weighted by Gasteiger charge is -2.16. The van der Waals surface area contributed by atoms with Crippen LogP contribution < -0.4 is 0 Å². The van der Waals surface area contributed by atoms with Crippen LogP contribution in [0.5, 0.6) is 0 Å². The summed E-state index contributed by atoms with van der Waals surface area (Å²) in [7, 11) is 0. The number of fused-ring (bicyclic) bond motifs is 6. The average molecular weight is 840 g/mol. The monoisotopic (exact) mass is 839 g/mol. The van der Waals surface area contributed by atoms with Crippen LogP contribution in [0.1, 0.15) is 0 Å². The first-order valence-electron chi connectivity index (χ1n) is 22.0. The summed E-state index contributed by atoms with van der Waals surface area (Å²) in [6.45, 7) is 7.70. The molecule has 10 aromatic carbocycles. The van der Waals surface area contributed by atoms with E-state index in [-0.39, 0.29) is 0 Å². The van der Waals surface area contributed by atoms with E-state index in [9.17, 15) is 0 Å². The number of benzene rings is 10. The smallest absolute Gasteiger partial charge is 0.194 e. The maximum absolute atomic E-state index is 7.70. The first kappa shape index (κ1) is 38.6. The molecule has 0 saturated carbocycles. The molecule has 2 aromatic heterocycles. The highest BCUT2D eigenvalue weighted by Crippen LogP contribution is 2.43. The Balaban J connectivity index is 0.983. The molecule has 0 fully saturated rings. The highest BCUT2D eigenvalue weighted by atomic mass is 15.0. The Hall–Kier alpha value is -9.11. The zero-order valence-electron chi connectivity index (χ0n) is 35.6. The largest absolute Gasteiger partial charge is 0.256 e. The minimum atomic E-state index is 0.596. The van der Waals surface area contributed by atoms with Gasteiger partial charge in [0, 0.05) is 33.8 Å². The Bertz CT molecular complexity index is 3870. The first-order chi connectivity index (χ1) is 32.7. The van der Waals surface area contributed by atoms with Crippen molar-refractivity contribution in [2.45, 2.75) is 0 Å². The molecule has 12 aromatic rings. The summed E-state index contributed by atoms with van der Waals surface area (Å²) in [6.07, 6.45) is 1.88. The molecule has 0 unspecified atom stereocenters. The predicted octanol–water partition coefficient (Wildman–Crippen LogP) is 16.1. The van der Waals surface area contributed by atoms with Crippen LogP contribution in [0, 0.1) is 6.57 Å². The lowest BCUT2D eigenvalue weighted by Crippen LogP contribution is -2.00. The van der Waals surface area contributed by atoms with Gasteiger partial charge in [0.25, 0.3) is 0 Å². The van der Waals surface area contributed by atoms with Gasteiger partial charge in [-0.05, 0) is 102 Å². The van der Waals surface area contributed by atoms with Crippen LogP contribution in [0.25, 0.3) is 127 Å². The standard InChI is InChI=1S/C61H37N5/c1-62-57-33-32-47(48-23-10-11-26-51(48)57)40-28-30-41(31-29-40)53-37-56-52-27-14-34-63-58(52)54(38-55(56)50-25-9-8-24-49(50)53)44-20-13-22-46(36-44)61-65-59(42-17-6-3-7-18-42)64-60(66-61)45-21-12-19-43(35-45)39-15-4-2-5-16-39/h2-38H. The van der Waals surface area contributed by atoms with Gasteiger partial charge in [0.05, 0.1) is 12.1 Å². The van der Waals surface area contributed by atoms with E-state index in [1.54, 1.807) is 0 Å². The molecule has 5 heteroatoms. The Morgan fingerprint density at radius 3 is 1.45 bits per heavy atom. The van der Waals surface area contributed by atoms with E-state index in [2.05, 4.69) is 157 Å². The topological polar surface area (TPSA) is 55.9 Å². The molecule has 0 bridgehead atoms. The van der Waals surface area contributed by atoms with Gasteiger partial charge in [-0.1, -0.05) is 188 Å². The van der Waals surface area contributed by atoms with Gasteiger partial charge in [0.2, 0.25) is 0 Å². The van der Waals surface area contributed by atoms with Crippen molar-refractivity contribution in [3.05, 3.63) is 236 Å². The fourth-order valence-electron chi connectivity index (χ4n) is 9.39. The third kappa shape index (κ3) is 6.82. The second-order valence-corrected chi connectivity index (χ2v) is 16.5. The molecule has 0 spiro atoms. The van der Waals surface area contributed by atoms with Crippen molar-refractivity contribution in [2.24, 2.45) is 0 Å². The predicted molar refractivity (Wildman–Crippen MR) is 272 cm³/mol. The van der Waals surface area contributed by atoms with Crippen LogP contribution in [0.3, 0.4) is 0 Å². The highest BCUT2D eigenvalue weighted by molar-refractivity contribution is 6.23. The van der Waals surface area contributed by atoms with Gasteiger partial charge in [-0.15, -0.1) is 0 Å². The molecule has 0 atom stereocenters. The Kier molecular flexibility index (Phi) is 9.48. The molecule has 0 aliphatic carbocycles. The fraction of sp³-hybridized carbons (Fsp3) is 0. The number of pyridine rings is 1. The molecule has 0 radical (unpaired) electrons. The number of aromatic nitrogens is 4. The van der Waals surface area contributed by atoms with Gasteiger partial charge in [0.15, 0.2) is 23.2 Å². The van der Waals surface area contributed by atoms with Crippen molar-refractivity contribution in [1.82, 2.24) is 19.9 Å². The molecular weight excluding hydrogens is 803 g/mol. The van der Waals surface area contributed by atoms with Gasteiger partial charge >= 0.3 is 0 Å². The maximum Gasteiger partial charge on any atom is 0.194 e. The fourth-order valence-corrected chi connectivity index (χ4v) is 9.39. The SMILES string of the molecule is [C-]#[N+]c1ccc(-c2ccc(-c3cc4c5cccnc5c(-c5cccc(-c6nc(-c7ccccc7)nc(-c7cccc(-c8ccccc8)c7)n6)c5)cc4c4ccccc34)cc2)c2ccccc12. The number of nitrogens with zero attached hydrogens (tertiary/aromatic N) is 5. The average Bonchev–Trinajstić information content (AvgIpc) is 3.40. The summed E-state index contributed by atoms with van der Waals surface area (Å²) < 4.78 is 0. The molecular formula is C61H37N5. The van der Waals surface area contributed by atoms with E-state index < -0.39 is 0 Å². The van der Waals surface area contributed by atoms with Crippen LogP contribution in [-0.4, -0.2) is 19.9 Å². The summed E-state index contributed by atoms with van der Waals surface area (Å²) >= 11 is 0. The Morgan fingerprint density at radius 1 is 0.288 bits per heavy atom. The number of rotatable bonds is 7. The second kappa shape index (κ2) is 16.2. The van der Waals surface area contributed by atoms with Crippen LogP contribution in [0.4, 0.5) is 5.69 Å². The van der Waals surface area contributed by atoms with E-state index in [1.807, 2.05) is 72.9 Å². The van der Waals surface area contributed by atoms with Crippen molar-refractivity contribution in [2.75, 3.05) is 0 Å². The Labute approximate surface area is 381 Å². The van der Waals surface area contributed by atoms with Crippen LogP contribution in [-0.2, 0) is 0 Å². The molecule has 5 nitrogen and oxygen atoms in total. The Morgan fingerprint density at radius 2 is 0.773 bits per heavy atom. The van der Waals surface area contributed by atoms with Crippen molar-refractivity contribution < 1.29 is 0 Å². The van der Waals surface area contributed by atoms with Crippen molar-refractivity contribution in [3.8, 4) is 78.7 Å². The zero-order valence-corrected chi connectivity index (χ0v) is 35.6. The number of hydrogen-bond acceptors (Lipinski definition) is 4. The van der Waals surface area contributed by atoms with E-state index in [0.29, 0.717) is 23.2 Å². The summed E-state index contributed by atoms with van der Waals surface area (Å²) in [5, 5.41) is 7.78. The summed E-state index contributed by atoms with van der Waals surface area (Å²) in [5.41, 5.74) is 13.1. The van der Waals surface area contributed by atoms with E-state index >= 15 is 0 Å². The summed E-state index contributed by atoms with van der Waals surface area (Å²) in [4.78, 5) is 24.1. The zero-order chi connectivity index (χ0) is 44.0. The van der Waals surface area contributed by atoms with Gasteiger partial charge in [-0.25, -0.2) is 19.8 Å². The first-order valence-corrected chi connectivity index (χ1v) is 22.0. The second-order valence-electron chi connectivity index (χ2n) is 16.5. The molecule has 12 rings (SSSR count). The summed E-state index contributed by atoms with van der Waals surface area (Å²) in [6, 6.07) is 75.9. The minimum absolute atomic E-state index is 0.596. The molecule has 306 valence electrons. The van der Waals surface area contributed by atoms with E-state index in [0.717, 1.165) is 93.6 Å². The minimum Gasteiger partial charge on any atom is -0.256 e. The highest BCUT2D eigenvalue weighted by Gasteiger charge is 2.18. The molecule has 0 saturated heterocycles. The van der Waals surface area contributed by atoms with Crippen LogP contribution >= 0.6 is 0 Å². The van der Waals surface area contributed by atoms with Crippen LogP contribution in [0.2, 0.25) is 0 Å². The lowest BCUT2D eigenvalue weighted by atomic mass is 9.88. The molecule has 0 N–H and O–H groups in total. The van der Waals surface area contributed by atoms with Gasteiger partial charge in [-0.2, -0.15) is 0 Å². The van der Waals surface area contributed by atoms with E-state index in [1.165, 1.54) is 10.8 Å². The molecule has 0 aliphatic rings. The van der Waals surface area contributed by atoms with Gasteiger partial charge in [-0.3, -0.25) is 4.98 Å². The van der Waals surface area contributed by atoms with Gasteiger partial charge in [0.1, 0.15) is 0 Å².